The van der Waals surface area contributed by atoms with Crippen molar-refractivity contribution in [1.82, 2.24) is 19.7 Å². The number of aromatic nitrogens is 4. The zero-order chi connectivity index (χ0) is 15.0. The van der Waals surface area contributed by atoms with Gasteiger partial charge in [-0.25, -0.2) is 14.5 Å². The second-order valence-electron chi connectivity index (χ2n) is 4.04. The van der Waals surface area contributed by atoms with Gasteiger partial charge in [-0.15, -0.1) is 0 Å². The highest BCUT2D eigenvalue weighted by molar-refractivity contribution is 9.10. The predicted molar refractivity (Wildman–Crippen MR) is 75.8 cm³/mol. The zero-order valence-corrected chi connectivity index (χ0v) is 11.9. The van der Waals surface area contributed by atoms with Crippen LogP contribution in [0.4, 0.5) is 4.79 Å². The number of fused-ring (bicyclic) bond motifs is 1. The summed E-state index contributed by atoms with van der Waals surface area (Å²) in [6, 6.07) is 5.12. The highest BCUT2D eigenvalue weighted by atomic mass is 79.9. The average Bonchev–Trinajstić information content (AvgIpc) is 2.87. The van der Waals surface area contributed by atoms with Gasteiger partial charge in [-0.05, 0) is 18.2 Å². The summed E-state index contributed by atoms with van der Waals surface area (Å²) in [4.78, 5) is 29.3. The molecule has 0 bridgehead atoms. The molecule has 0 fully saturated rings. The van der Waals surface area contributed by atoms with Gasteiger partial charge in [0.25, 0.3) is 5.56 Å². The molecule has 2 heterocycles. The number of carboxylic acid groups (broad SMARTS) is 1. The smallest absolute Gasteiger partial charge is 0.449 e. The third kappa shape index (κ3) is 2.63. The molecule has 106 valence electrons. The number of H-pyrrole nitrogens is 1. The third-order valence-corrected chi connectivity index (χ3v) is 3.13. The number of halogens is 1. The molecule has 8 nitrogen and oxygen atoms in total. The summed E-state index contributed by atoms with van der Waals surface area (Å²) in [6.45, 7) is 0. The molecule has 1 aromatic carbocycles. The van der Waals surface area contributed by atoms with Crippen LogP contribution >= 0.6 is 15.9 Å². The molecule has 2 N–H and O–H groups in total. The van der Waals surface area contributed by atoms with E-state index < -0.39 is 6.16 Å². The number of rotatable bonds is 2. The van der Waals surface area contributed by atoms with Crippen LogP contribution in [0.25, 0.3) is 16.9 Å². The van der Waals surface area contributed by atoms with Gasteiger partial charge in [-0.1, -0.05) is 15.9 Å². The van der Waals surface area contributed by atoms with Gasteiger partial charge < -0.3 is 9.84 Å². The first-order valence-electron chi connectivity index (χ1n) is 5.68. The number of carbonyl (C=O) groups is 1. The van der Waals surface area contributed by atoms with Crippen LogP contribution in [0, 0.1) is 0 Å². The molecule has 0 amide bonds. The topological polar surface area (TPSA) is 110 Å². The molecular weight excluding hydrogens is 344 g/mol. The molecule has 9 heteroatoms. The van der Waals surface area contributed by atoms with E-state index in [2.05, 4.69) is 35.7 Å². The van der Waals surface area contributed by atoms with Crippen LogP contribution in [-0.4, -0.2) is 31.0 Å². The van der Waals surface area contributed by atoms with Gasteiger partial charge in [-0.3, -0.25) is 9.78 Å². The molecule has 0 saturated heterocycles. The van der Waals surface area contributed by atoms with Gasteiger partial charge >= 0.3 is 6.16 Å². The van der Waals surface area contributed by atoms with Gasteiger partial charge in [0.05, 0.1) is 23.3 Å². The van der Waals surface area contributed by atoms with Gasteiger partial charge in [0, 0.05) is 4.47 Å². The van der Waals surface area contributed by atoms with Crippen LogP contribution in [0.5, 0.6) is 5.75 Å². The Morgan fingerprint density at radius 3 is 3.00 bits per heavy atom. The van der Waals surface area contributed by atoms with Crippen LogP contribution in [0.3, 0.4) is 0 Å². The Kier molecular flexibility index (Phi) is 3.18. The number of ether oxygens (including phenoxy) is 1. The molecule has 0 aliphatic heterocycles. The minimum Gasteiger partial charge on any atom is -0.449 e. The second-order valence-corrected chi connectivity index (χ2v) is 4.96. The van der Waals surface area contributed by atoms with E-state index in [4.69, 9.17) is 5.11 Å². The first kappa shape index (κ1) is 13.3. The lowest BCUT2D eigenvalue weighted by molar-refractivity contribution is 0.144. The van der Waals surface area contributed by atoms with Crippen molar-refractivity contribution in [1.29, 1.82) is 0 Å². The molecule has 3 rings (SSSR count). The second kappa shape index (κ2) is 5.02. The molecule has 0 spiro atoms. The van der Waals surface area contributed by atoms with Crippen molar-refractivity contribution < 1.29 is 14.6 Å². The summed E-state index contributed by atoms with van der Waals surface area (Å²) in [7, 11) is 0. The zero-order valence-electron chi connectivity index (χ0n) is 10.3. The number of hydrogen-bond donors (Lipinski definition) is 2. The van der Waals surface area contributed by atoms with Gasteiger partial charge in [-0.2, -0.15) is 5.10 Å². The lowest BCUT2D eigenvalue weighted by Crippen LogP contribution is -2.13. The van der Waals surface area contributed by atoms with E-state index in [1.807, 2.05) is 0 Å². The van der Waals surface area contributed by atoms with Crippen LogP contribution in [0.15, 0.2) is 39.9 Å². The fourth-order valence-corrected chi connectivity index (χ4v) is 2.14. The van der Waals surface area contributed by atoms with Crippen molar-refractivity contribution in [3.8, 4) is 11.7 Å². The predicted octanol–water partition coefficient (Wildman–Crippen LogP) is 1.93. The van der Waals surface area contributed by atoms with E-state index in [1.165, 1.54) is 17.1 Å². The summed E-state index contributed by atoms with van der Waals surface area (Å²) < 4.78 is 6.45. The number of hydrogen-bond acceptors (Lipinski definition) is 5. The maximum atomic E-state index is 12.0. The Balaban J connectivity index is 2.08. The van der Waals surface area contributed by atoms with E-state index in [0.717, 1.165) is 4.47 Å². The lowest BCUT2D eigenvalue weighted by Gasteiger charge is -2.02. The quantitative estimate of drug-likeness (QED) is 0.683. The molecule has 0 unspecified atom stereocenters. The van der Waals surface area contributed by atoms with Crippen LogP contribution in [0.2, 0.25) is 0 Å². The van der Waals surface area contributed by atoms with Crippen LogP contribution < -0.4 is 10.3 Å². The van der Waals surface area contributed by atoms with Crippen molar-refractivity contribution >= 4 is 33.0 Å². The van der Waals surface area contributed by atoms with Crippen LogP contribution in [-0.2, 0) is 0 Å². The molecule has 0 saturated carbocycles. The standard InChI is InChI=1S/C12H7BrN4O4/c13-6-1-2-9-8(3-6)10(18)16-11(15-9)17-5-7(4-14-17)21-12(19)20/h1-5H,(H,19,20)(H,15,16,18). The number of nitrogens with one attached hydrogen (secondary N) is 1. The highest BCUT2D eigenvalue weighted by Crippen LogP contribution is 2.16. The number of nitrogens with zero attached hydrogens (tertiary/aromatic N) is 3. The highest BCUT2D eigenvalue weighted by Gasteiger charge is 2.09. The van der Waals surface area contributed by atoms with E-state index in [9.17, 15) is 9.59 Å². The van der Waals surface area contributed by atoms with Crippen molar-refractivity contribution in [2.75, 3.05) is 0 Å². The molecule has 3 aromatic rings. The molecular formula is C12H7BrN4O4. The molecule has 0 aliphatic rings. The van der Waals surface area contributed by atoms with Crippen molar-refractivity contribution in [3.05, 3.63) is 45.4 Å². The summed E-state index contributed by atoms with van der Waals surface area (Å²) in [5.74, 6) is 0.191. The van der Waals surface area contributed by atoms with Gasteiger partial charge in [0.1, 0.15) is 0 Å². The summed E-state index contributed by atoms with van der Waals surface area (Å²) in [5.41, 5.74) is 0.167. The maximum absolute atomic E-state index is 12.0. The lowest BCUT2D eigenvalue weighted by atomic mass is 10.2. The fraction of sp³-hybridized carbons (Fsp3) is 0. The first-order chi connectivity index (χ1) is 10.0. The largest absolute Gasteiger partial charge is 0.511 e. The summed E-state index contributed by atoms with van der Waals surface area (Å²) >= 11 is 3.29. The normalized spacial score (nSPS) is 10.7. The first-order valence-corrected chi connectivity index (χ1v) is 6.47. The Labute approximate surface area is 125 Å². The minimum absolute atomic E-state index is 0.0288. The Bertz CT molecular complexity index is 902. The molecule has 0 aliphatic carbocycles. The van der Waals surface area contributed by atoms with E-state index in [-0.39, 0.29) is 17.3 Å². The summed E-state index contributed by atoms with van der Waals surface area (Å²) in [6.07, 6.45) is 1.07. The van der Waals surface area contributed by atoms with E-state index >= 15 is 0 Å². The molecule has 2 aromatic heterocycles. The van der Waals surface area contributed by atoms with Crippen molar-refractivity contribution in [2.24, 2.45) is 0 Å². The average molecular weight is 351 g/mol. The van der Waals surface area contributed by atoms with E-state index in [1.54, 1.807) is 18.2 Å². The Morgan fingerprint density at radius 1 is 1.43 bits per heavy atom. The van der Waals surface area contributed by atoms with Gasteiger partial charge in [0.2, 0.25) is 5.95 Å². The monoisotopic (exact) mass is 350 g/mol. The van der Waals surface area contributed by atoms with Gasteiger partial charge in [0.15, 0.2) is 5.75 Å². The molecule has 21 heavy (non-hydrogen) atoms. The minimum atomic E-state index is -1.45. The third-order valence-electron chi connectivity index (χ3n) is 2.64. The number of aromatic amines is 1. The fourth-order valence-electron chi connectivity index (χ4n) is 1.78. The molecule has 0 radical (unpaired) electrons. The van der Waals surface area contributed by atoms with Crippen molar-refractivity contribution in [3.63, 3.8) is 0 Å². The summed E-state index contributed by atoms with van der Waals surface area (Å²) in [5, 5.41) is 12.8. The van der Waals surface area contributed by atoms with Crippen LogP contribution in [0.1, 0.15) is 0 Å². The Morgan fingerprint density at radius 2 is 2.24 bits per heavy atom. The molecule has 0 atom stereocenters. The van der Waals surface area contributed by atoms with Crippen molar-refractivity contribution in [2.45, 2.75) is 0 Å². The maximum Gasteiger partial charge on any atom is 0.511 e. The number of benzene rings is 1. The SMILES string of the molecule is O=C(O)Oc1cnn(-c2nc3ccc(Br)cc3c(=O)[nH]2)c1. The van der Waals surface area contributed by atoms with E-state index in [0.29, 0.717) is 10.9 Å². The Hall–Kier alpha value is -2.68.